The maximum atomic E-state index is 11.8. The fourth-order valence-electron chi connectivity index (χ4n) is 4.71. The summed E-state index contributed by atoms with van der Waals surface area (Å²) >= 11 is 6.04. The molecule has 4 saturated carbocycles. The maximum Gasteiger partial charge on any atom is 0.199 e. The Morgan fingerprint density at radius 1 is 1.20 bits per heavy atom. The van der Waals surface area contributed by atoms with Gasteiger partial charge in [-0.3, -0.25) is 4.79 Å². The third-order valence-corrected chi connectivity index (χ3v) is 5.41. The SMILES string of the molecule is CC/C=C/C(=O)/C(Cl)=C/OC12CC3CC(CC(C3)C1)C2. The molecule has 0 aromatic carbocycles. The molecule has 4 bridgehead atoms. The molecule has 0 radical (unpaired) electrons. The molecule has 0 aromatic heterocycles. The number of carbonyl (C=O) groups excluding carboxylic acids is 1. The lowest BCUT2D eigenvalue weighted by Crippen LogP contribution is -2.51. The molecular formula is C17H23ClO2. The monoisotopic (exact) mass is 294 g/mol. The van der Waals surface area contributed by atoms with Crippen LogP contribution in [0.15, 0.2) is 23.4 Å². The van der Waals surface area contributed by atoms with E-state index in [2.05, 4.69) is 0 Å². The molecule has 4 fully saturated rings. The van der Waals surface area contributed by atoms with Crippen LogP contribution in [0.1, 0.15) is 51.9 Å². The van der Waals surface area contributed by atoms with Crippen LogP contribution in [-0.2, 0) is 9.53 Å². The molecule has 4 aliphatic carbocycles. The van der Waals surface area contributed by atoms with Crippen molar-refractivity contribution >= 4 is 17.4 Å². The predicted molar refractivity (Wildman–Crippen MR) is 80.4 cm³/mol. The Kier molecular flexibility index (Phi) is 3.94. The lowest BCUT2D eigenvalue weighted by Gasteiger charge is -2.55. The number of ether oxygens (including phenoxy) is 1. The second kappa shape index (κ2) is 5.55. The highest BCUT2D eigenvalue weighted by atomic mass is 35.5. The fourth-order valence-corrected chi connectivity index (χ4v) is 4.82. The summed E-state index contributed by atoms with van der Waals surface area (Å²) in [5.74, 6) is 2.36. The van der Waals surface area contributed by atoms with Crippen LogP contribution in [-0.4, -0.2) is 11.4 Å². The molecule has 0 unspecified atom stereocenters. The van der Waals surface area contributed by atoms with Gasteiger partial charge in [0.2, 0.25) is 0 Å². The van der Waals surface area contributed by atoms with Gasteiger partial charge in [0.25, 0.3) is 0 Å². The van der Waals surface area contributed by atoms with Gasteiger partial charge in [0.1, 0.15) is 16.9 Å². The van der Waals surface area contributed by atoms with Gasteiger partial charge in [-0.05, 0) is 68.8 Å². The topological polar surface area (TPSA) is 26.3 Å². The zero-order chi connectivity index (χ0) is 14.2. The van der Waals surface area contributed by atoms with E-state index in [0.717, 1.165) is 43.4 Å². The normalized spacial score (nSPS) is 39.5. The second-order valence-corrected chi connectivity index (χ2v) is 7.27. The second-order valence-electron chi connectivity index (χ2n) is 6.86. The summed E-state index contributed by atoms with van der Waals surface area (Å²) in [5.41, 5.74) is -0.0242. The van der Waals surface area contributed by atoms with E-state index < -0.39 is 0 Å². The Bertz CT molecular complexity index is 415. The van der Waals surface area contributed by atoms with Crippen molar-refractivity contribution in [3.8, 4) is 0 Å². The molecule has 0 aromatic rings. The Labute approximate surface area is 126 Å². The van der Waals surface area contributed by atoms with E-state index in [4.69, 9.17) is 16.3 Å². The standard InChI is InChI=1S/C17H23ClO2/c1-2-3-4-16(19)15(18)11-20-17-8-12-5-13(9-17)7-14(6-12)10-17/h3-4,11-14H,2,5-10H2,1H3/b4-3+,15-11-. The number of rotatable bonds is 5. The van der Waals surface area contributed by atoms with Crippen molar-refractivity contribution in [2.45, 2.75) is 57.5 Å². The molecule has 20 heavy (non-hydrogen) atoms. The first-order valence-corrected chi connectivity index (χ1v) is 8.22. The number of ketones is 1. The van der Waals surface area contributed by atoms with Crippen LogP contribution < -0.4 is 0 Å². The van der Waals surface area contributed by atoms with Crippen molar-refractivity contribution in [2.24, 2.45) is 17.8 Å². The van der Waals surface area contributed by atoms with Gasteiger partial charge in [-0.25, -0.2) is 0 Å². The summed E-state index contributed by atoms with van der Waals surface area (Å²) in [6.07, 6.45) is 13.3. The van der Waals surface area contributed by atoms with Crippen LogP contribution in [0.3, 0.4) is 0 Å². The molecule has 0 N–H and O–H groups in total. The summed E-state index contributed by atoms with van der Waals surface area (Å²) in [5, 5.41) is 0.199. The average molecular weight is 295 g/mol. The summed E-state index contributed by atoms with van der Waals surface area (Å²) in [6.45, 7) is 1.99. The number of hydrogen-bond donors (Lipinski definition) is 0. The van der Waals surface area contributed by atoms with Crippen molar-refractivity contribution in [3.63, 3.8) is 0 Å². The Morgan fingerprint density at radius 2 is 1.75 bits per heavy atom. The lowest BCUT2D eigenvalue weighted by atomic mass is 9.54. The lowest BCUT2D eigenvalue weighted by molar-refractivity contribution is -0.131. The minimum Gasteiger partial charge on any atom is -0.493 e. The molecule has 2 nitrogen and oxygen atoms in total. The summed E-state index contributed by atoms with van der Waals surface area (Å²) in [6, 6.07) is 0. The van der Waals surface area contributed by atoms with E-state index in [0.29, 0.717) is 0 Å². The first kappa shape index (κ1) is 14.2. The average Bonchev–Trinajstić information content (AvgIpc) is 2.40. The minimum absolute atomic E-state index is 0.0242. The van der Waals surface area contributed by atoms with E-state index in [1.807, 2.05) is 13.0 Å². The van der Waals surface area contributed by atoms with Crippen LogP contribution in [0.4, 0.5) is 0 Å². The van der Waals surface area contributed by atoms with E-state index in [9.17, 15) is 4.79 Å². The Hall–Kier alpha value is -0.760. The van der Waals surface area contributed by atoms with Crippen LogP contribution in [0.25, 0.3) is 0 Å². The van der Waals surface area contributed by atoms with Gasteiger partial charge in [0.15, 0.2) is 5.78 Å². The summed E-state index contributed by atoms with van der Waals surface area (Å²) in [4.78, 5) is 11.8. The predicted octanol–water partition coefficient (Wildman–Crippen LogP) is 4.59. The fraction of sp³-hybridized carbons (Fsp3) is 0.706. The number of carbonyl (C=O) groups is 1. The largest absolute Gasteiger partial charge is 0.493 e. The zero-order valence-corrected chi connectivity index (χ0v) is 12.9. The van der Waals surface area contributed by atoms with E-state index in [-0.39, 0.29) is 16.4 Å². The minimum atomic E-state index is -0.154. The molecule has 3 heteroatoms. The van der Waals surface area contributed by atoms with Crippen molar-refractivity contribution in [1.82, 2.24) is 0 Å². The van der Waals surface area contributed by atoms with Gasteiger partial charge >= 0.3 is 0 Å². The van der Waals surface area contributed by atoms with Crippen LogP contribution in [0.5, 0.6) is 0 Å². The Balaban J connectivity index is 1.66. The molecule has 0 saturated heterocycles. The highest BCUT2D eigenvalue weighted by Crippen LogP contribution is 2.57. The Morgan fingerprint density at radius 3 is 2.25 bits per heavy atom. The summed E-state index contributed by atoms with van der Waals surface area (Å²) in [7, 11) is 0. The van der Waals surface area contributed by atoms with Crippen molar-refractivity contribution in [1.29, 1.82) is 0 Å². The smallest absolute Gasteiger partial charge is 0.199 e. The van der Waals surface area contributed by atoms with Gasteiger partial charge < -0.3 is 4.74 Å². The highest BCUT2D eigenvalue weighted by molar-refractivity contribution is 6.44. The third-order valence-electron chi connectivity index (χ3n) is 5.13. The van der Waals surface area contributed by atoms with Gasteiger partial charge in [-0.15, -0.1) is 0 Å². The molecule has 110 valence electrons. The van der Waals surface area contributed by atoms with Gasteiger partial charge in [0.05, 0.1) is 0 Å². The van der Waals surface area contributed by atoms with Crippen molar-refractivity contribution in [2.75, 3.05) is 0 Å². The third kappa shape index (κ3) is 2.81. The van der Waals surface area contributed by atoms with Gasteiger partial charge in [0, 0.05) is 0 Å². The highest BCUT2D eigenvalue weighted by Gasteiger charge is 2.52. The van der Waals surface area contributed by atoms with E-state index >= 15 is 0 Å². The molecule has 0 aliphatic heterocycles. The number of hydrogen-bond acceptors (Lipinski definition) is 2. The first-order valence-electron chi connectivity index (χ1n) is 7.84. The van der Waals surface area contributed by atoms with Crippen LogP contribution in [0, 0.1) is 17.8 Å². The molecular weight excluding hydrogens is 272 g/mol. The molecule has 0 amide bonds. The quantitative estimate of drug-likeness (QED) is 0.548. The number of allylic oxidation sites excluding steroid dienone is 3. The maximum absolute atomic E-state index is 11.8. The molecule has 4 rings (SSSR count). The summed E-state index contributed by atoms with van der Waals surface area (Å²) < 4.78 is 6.06. The first-order chi connectivity index (χ1) is 9.60. The zero-order valence-electron chi connectivity index (χ0n) is 12.1. The number of halogens is 1. The van der Waals surface area contributed by atoms with Crippen molar-refractivity contribution in [3.05, 3.63) is 23.4 Å². The van der Waals surface area contributed by atoms with Gasteiger partial charge in [-0.2, -0.15) is 0 Å². The van der Waals surface area contributed by atoms with E-state index in [1.165, 1.54) is 31.6 Å². The molecule has 0 heterocycles. The molecule has 0 spiro atoms. The molecule has 4 aliphatic rings. The van der Waals surface area contributed by atoms with E-state index in [1.54, 1.807) is 0 Å². The van der Waals surface area contributed by atoms with Crippen molar-refractivity contribution < 1.29 is 9.53 Å². The van der Waals surface area contributed by atoms with Crippen LogP contribution in [0.2, 0.25) is 0 Å². The van der Waals surface area contributed by atoms with Crippen LogP contribution >= 0.6 is 11.6 Å². The van der Waals surface area contributed by atoms with Gasteiger partial charge in [-0.1, -0.05) is 24.6 Å². The molecule has 0 atom stereocenters.